The number of aromatic nitrogens is 1. The third-order valence-corrected chi connectivity index (χ3v) is 6.18. The van der Waals surface area contributed by atoms with Crippen LogP contribution in [0.15, 0.2) is 72.9 Å². The number of pyridine rings is 1. The number of nitrogens with zero attached hydrogens (tertiary/aromatic N) is 1. The van der Waals surface area contributed by atoms with Gasteiger partial charge in [-0.15, -0.1) is 0 Å². The quantitative estimate of drug-likeness (QED) is 0.343. The summed E-state index contributed by atoms with van der Waals surface area (Å²) < 4.78 is 5.79. The van der Waals surface area contributed by atoms with Crippen LogP contribution in [-0.2, 0) is 6.61 Å². The second-order valence-electron chi connectivity index (χ2n) is 8.66. The molecule has 1 aromatic heterocycles. The topological polar surface area (TPSA) is 51.2 Å². The van der Waals surface area contributed by atoms with Gasteiger partial charge < -0.3 is 10.1 Å². The van der Waals surface area contributed by atoms with Gasteiger partial charge in [-0.25, -0.2) is 0 Å². The van der Waals surface area contributed by atoms with Crippen molar-refractivity contribution in [3.63, 3.8) is 0 Å². The predicted octanol–water partition coefficient (Wildman–Crippen LogP) is 7.34. The van der Waals surface area contributed by atoms with Crippen molar-refractivity contribution in [3.8, 4) is 5.75 Å². The van der Waals surface area contributed by atoms with Gasteiger partial charge in [0.1, 0.15) is 12.4 Å². The molecule has 0 radical (unpaired) electrons. The van der Waals surface area contributed by atoms with E-state index in [1.807, 2.05) is 66.7 Å². The molecule has 1 aliphatic rings. The van der Waals surface area contributed by atoms with Crippen LogP contribution in [0.2, 0.25) is 0 Å². The van der Waals surface area contributed by atoms with Crippen LogP contribution < -0.4 is 10.1 Å². The maximum atomic E-state index is 12.7. The van der Waals surface area contributed by atoms with E-state index in [9.17, 15) is 4.79 Å². The number of carbonyl (C=O) groups is 1. The highest BCUT2D eigenvalue weighted by atomic mass is 16.5. The first-order valence-electron chi connectivity index (χ1n) is 11.8. The molecule has 2 aromatic carbocycles. The summed E-state index contributed by atoms with van der Waals surface area (Å²) in [6, 6.07) is 21.4. The molecule has 1 fully saturated rings. The molecule has 1 N–H and O–H groups in total. The zero-order valence-electron chi connectivity index (χ0n) is 18.6. The minimum absolute atomic E-state index is 0.239. The Morgan fingerprint density at radius 1 is 0.938 bits per heavy atom. The largest absolute Gasteiger partial charge is 0.487 e. The summed E-state index contributed by atoms with van der Waals surface area (Å²) in [7, 11) is 0. The van der Waals surface area contributed by atoms with Crippen molar-refractivity contribution in [2.75, 3.05) is 5.32 Å². The summed E-state index contributed by atoms with van der Waals surface area (Å²) in [6.07, 6.45) is 11.4. The molecule has 0 amide bonds. The van der Waals surface area contributed by atoms with Crippen molar-refractivity contribution < 1.29 is 9.53 Å². The van der Waals surface area contributed by atoms with Gasteiger partial charge in [0.15, 0.2) is 5.78 Å². The van der Waals surface area contributed by atoms with Crippen LogP contribution in [0.3, 0.4) is 0 Å². The van der Waals surface area contributed by atoms with Crippen LogP contribution in [-0.4, -0.2) is 10.8 Å². The average molecular weight is 429 g/mol. The number of Topliss-reactive ketones (excluding diaryl/α,β-unsaturated/α-hetero) is 1. The molecular formula is C28H32N2O2. The molecule has 1 saturated carbocycles. The van der Waals surface area contributed by atoms with E-state index in [0.29, 0.717) is 13.0 Å². The molecule has 32 heavy (non-hydrogen) atoms. The number of hydrogen-bond acceptors (Lipinski definition) is 4. The lowest BCUT2D eigenvalue weighted by Gasteiger charge is -2.21. The first-order valence-corrected chi connectivity index (χ1v) is 11.8. The van der Waals surface area contributed by atoms with Crippen LogP contribution in [0.25, 0.3) is 0 Å². The summed E-state index contributed by atoms with van der Waals surface area (Å²) in [5.74, 6) is 1.87. The lowest BCUT2D eigenvalue weighted by molar-refractivity contribution is 0.0976. The predicted molar refractivity (Wildman–Crippen MR) is 129 cm³/mol. The molecule has 0 saturated heterocycles. The fourth-order valence-electron chi connectivity index (χ4n) is 4.38. The molecule has 4 rings (SSSR count). The number of anilines is 2. The maximum Gasteiger partial charge on any atom is 0.162 e. The maximum absolute atomic E-state index is 12.7. The van der Waals surface area contributed by atoms with Gasteiger partial charge in [0.25, 0.3) is 0 Å². The number of carbonyl (C=O) groups excluding carboxylic acids is 1. The van der Waals surface area contributed by atoms with Crippen molar-refractivity contribution >= 4 is 17.2 Å². The third kappa shape index (κ3) is 6.68. The fourth-order valence-corrected chi connectivity index (χ4v) is 4.38. The van der Waals surface area contributed by atoms with E-state index in [-0.39, 0.29) is 5.78 Å². The number of benzene rings is 2. The highest BCUT2D eigenvalue weighted by molar-refractivity contribution is 5.97. The number of hydrogen-bond donors (Lipinski definition) is 1. The molecule has 166 valence electrons. The van der Waals surface area contributed by atoms with Gasteiger partial charge in [-0.05, 0) is 60.9 Å². The Morgan fingerprint density at radius 3 is 2.56 bits per heavy atom. The second-order valence-corrected chi connectivity index (χ2v) is 8.66. The normalized spacial score (nSPS) is 14.1. The molecule has 0 aliphatic heterocycles. The van der Waals surface area contributed by atoms with Crippen LogP contribution in [0.5, 0.6) is 5.75 Å². The third-order valence-electron chi connectivity index (χ3n) is 6.18. The number of ketones is 1. The molecule has 3 aromatic rings. The average Bonchev–Trinajstić information content (AvgIpc) is 2.85. The van der Waals surface area contributed by atoms with Gasteiger partial charge in [-0.2, -0.15) is 0 Å². The van der Waals surface area contributed by atoms with Crippen LogP contribution in [0.4, 0.5) is 11.4 Å². The summed E-state index contributed by atoms with van der Waals surface area (Å²) in [6.45, 7) is 0.443. The highest BCUT2D eigenvalue weighted by Gasteiger charge is 2.14. The summed E-state index contributed by atoms with van der Waals surface area (Å²) in [5, 5.41) is 3.39. The van der Waals surface area contributed by atoms with E-state index in [0.717, 1.165) is 40.7 Å². The van der Waals surface area contributed by atoms with Gasteiger partial charge in [-0.1, -0.05) is 56.7 Å². The van der Waals surface area contributed by atoms with E-state index in [4.69, 9.17) is 4.74 Å². The smallest absolute Gasteiger partial charge is 0.162 e. The summed E-state index contributed by atoms with van der Waals surface area (Å²) in [4.78, 5) is 16.9. The van der Waals surface area contributed by atoms with Crippen molar-refractivity contribution in [2.24, 2.45) is 5.92 Å². The zero-order valence-corrected chi connectivity index (χ0v) is 18.6. The van der Waals surface area contributed by atoms with Crippen LogP contribution in [0.1, 0.15) is 67.4 Å². The van der Waals surface area contributed by atoms with E-state index < -0.39 is 0 Å². The van der Waals surface area contributed by atoms with Gasteiger partial charge in [0.05, 0.1) is 5.69 Å². The summed E-state index contributed by atoms with van der Waals surface area (Å²) in [5.41, 5.74) is 3.56. The van der Waals surface area contributed by atoms with E-state index in [2.05, 4.69) is 10.3 Å². The molecule has 0 unspecified atom stereocenters. The molecular weight excluding hydrogens is 396 g/mol. The first-order chi connectivity index (χ1) is 15.8. The van der Waals surface area contributed by atoms with Crippen LogP contribution in [0, 0.1) is 5.92 Å². The lowest BCUT2D eigenvalue weighted by Crippen LogP contribution is -2.07. The van der Waals surface area contributed by atoms with Gasteiger partial charge in [0.2, 0.25) is 0 Å². The highest BCUT2D eigenvalue weighted by Crippen LogP contribution is 2.28. The minimum Gasteiger partial charge on any atom is -0.487 e. The molecule has 1 heterocycles. The van der Waals surface area contributed by atoms with E-state index >= 15 is 0 Å². The second kappa shape index (κ2) is 11.5. The SMILES string of the molecule is O=C(CCCC1CCCCC1)c1cccc(Nc2ccc(OCc3ccccn3)cc2)c1. The Bertz CT molecular complexity index is 980. The molecule has 0 atom stereocenters. The Labute approximate surface area is 191 Å². The standard InChI is InChI=1S/C28H32N2O2/c31-28(14-6-10-22-8-2-1-3-9-22)23-11-7-13-25(20-23)30-24-15-17-27(18-16-24)32-21-26-12-4-5-19-29-26/h4-5,7,11-13,15-20,22,30H,1-3,6,8-10,14,21H2. The van der Waals surface area contributed by atoms with Crippen molar-refractivity contribution in [3.05, 3.63) is 84.2 Å². The molecule has 4 nitrogen and oxygen atoms in total. The lowest BCUT2D eigenvalue weighted by atomic mass is 9.85. The zero-order chi connectivity index (χ0) is 22.0. The van der Waals surface area contributed by atoms with Crippen molar-refractivity contribution in [2.45, 2.75) is 58.0 Å². The molecule has 0 spiro atoms. The van der Waals surface area contributed by atoms with Crippen molar-refractivity contribution in [1.82, 2.24) is 4.98 Å². The van der Waals surface area contributed by atoms with Gasteiger partial charge in [0, 0.05) is 29.6 Å². The summed E-state index contributed by atoms with van der Waals surface area (Å²) >= 11 is 0. The number of nitrogens with one attached hydrogen (secondary N) is 1. The fraction of sp³-hybridized carbons (Fsp3) is 0.357. The molecule has 4 heteroatoms. The Kier molecular flexibility index (Phi) is 7.91. The monoisotopic (exact) mass is 428 g/mol. The Balaban J connectivity index is 1.26. The van der Waals surface area contributed by atoms with Gasteiger partial charge in [-0.3, -0.25) is 9.78 Å². The molecule has 1 aliphatic carbocycles. The number of ether oxygens (including phenoxy) is 1. The minimum atomic E-state index is 0.239. The Hall–Kier alpha value is -3.14. The van der Waals surface area contributed by atoms with Gasteiger partial charge >= 0.3 is 0 Å². The van der Waals surface area contributed by atoms with E-state index in [1.54, 1.807) is 6.20 Å². The molecule has 0 bridgehead atoms. The number of rotatable bonds is 10. The van der Waals surface area contributed by atoms with Crippen LogP contribution >= 0.6 is 0 Å². The first kappa shape index (κ1) is 22.1. The Morgan fingerprint density at radius 2 is 1.78 bits per heavy atom. The van der Waals surface area contributed by atoms with Crippen molar-refractivity contribution in [1.29, 1.82) is 0 Å². The van der Waals surface area contributed by atoms with E-state index in [1.165, 1.54) is 38.5 Å².